The summed E-state index contributed by atoms with van der Waals surface area (Å²) in [5.74, 6) is 0.628. The van der Waals surface area contributed by atoms with Gasteiger partial charge in [0.05, 0.1) is 6.61 Å². The van der Waals surface area contributed by atoms with E-state index in [1.54, 1.807) is 11.6 Å². The first-order valence-corrected chi connectivity index (χ1v) is 6.48. The summed E-state index contributed by atoms with van der Waals surface area (Å²) in [6, 6.07) is 14.0. The third kappa shape index (κ3) is 2.62. The first kappa shape index (κ1) is 12.6. The molecule has 0 radical (unpaired) electrons. The molecule has 2 heterocycles. The summed E-state index contributed by atoms with van der Waals surface area (Å²) < 4.78 is 6.96. The van der Waals surface area contributed by atoms with Crippen LogP contribution in [0.1, 0.15) is 11.1 Å². The molecule has 0 aliphatic carbocycles. The van der Waals surface area contributed by atoms with E-state index in [1.807, 2.05) is 36.5 Å². The second kappa shape index (κ2) is 5.71. The summed E-state index contributed by atoms with van der Waals surface area (Å²) in [5, 5.41) is 7.62. The molecule has 1 aromatic carbocycles. The molecule has 5 heteroatoms. The number of fused-ring (bicyclic) bond motifs is 1. The van der Waals surface area contributed by atoms with Gasteiger partial charge in [0.25, 0.3) is 0 Å². The maximum absolute atomic E-state index is 5.21. The number of ether oxygens (including phenoxy) is 1. The number of pyridine rings is 1. The molecule has 0 aliphatic heterocycles. The fraction of sp³-hybridized carbons (Fsp3) is 0.200. The summed E-state index contributed by atoms with van der Waals surface area (Å²) in [4.78, 5) is 4.41. The largest absolute Gasteiger partial charge is 0.380 e. The summed E-state index contributed by atoms with van der Waals surface area (Å²) >= 11 is 0. The van der Waals surface area contributed by atoms with Crippen LogP contribution in [-0.4, -0.2) is 21.7 Å². The van der Waals surface area contributed by atoms with E-state index in [1.165, 1.54) is 11.1 Å². The highest BCUT2D eigenvalue weighted by Crippen LogP contribution is 2.12. The average Bonchev–Trinajstić information content (AvgIpc) is 2.89. The number of hydrogen-bond acceptors (Lipinski definition) is 4. The summed E-state index contributed by atoms with van der Waals surface area (Å²) in [5.41, 5.74) is 3.19. The zero-order valence-electron chi connectivity index (χ0n) is 11.3. The first-order valence-electron chi connectivity index (χ1n) is 6.48. The van der Waals surface area contributed by atoms with Gasteiger partial charge in [0.15, 0.2) is 5.65 Å². The van der Waals surface area contributed by atoms with Gasteiger partial charge in [0, 0.05) is 19.9 Å². The van der Waals surface area contributed by atoms with Crippen molar-refractivity contribution in [1.29, 1.82) is 0 Å². The Hall–Kier alpha value is -2.40. The zero-order chi connectivity index (χ0) is 13.8. The number of anilines is 1. The lowest BCUT2D eigenvalue weighted by Gasteiger charge is -2.08. The fourth-order valence-corrected chi connectivity index (χ4v) is 2.11. The van der Waals surface area contributed by atoms with Crippen LogP contribution in [0.5, 0.6) is 0 Å². The molecule has 3 aromatic rings. The number of rotatable bonds is 5. The number of nitrogens with zero attached hydrogens (tertiary/aromatic N) is 3. The van der Waals surface area contributed by atoms with Crippen LogP contribution in [-0.2, 0) is 17.9 Å². The minimum absolute atomic E-state index is 0.608. The van der Waals surface area contributed by atoms with Crippen LogP contribution in [0.2, 0.25) is 0 Å². The van der Waals surface area contributed by atoms with E-state index in [9.17, 15) is 0 Å². The minimum atomic E-state index is 0.608. The summed E-state index contributed by atoms with van der Waals surface area (Å²) in [6.07, 6.45) is 1.88. The fourth-order valence-electron chi connectivity index (χ4n) is 2.11. The van der Waals surface area contributed by atoms with Gasteiger partial charge in [0.2, 0.25) is 5.95 Å². The topological polar surface area (TPSA) is 51.5 Å². The Morgan fingerprint density at radius 3 is 2.70 bits per heavy atom. The predicted octanol–water partition coefficient (Wildman–Crippen LogP) is 2.49. The van der Waals surface area contributed by atoms with Gasteiger partial charge in [-0.15, -0.1) is 5.10 Å². The van der Waals surface area contributed by atoms with Crippen molar-refractivity contribution in [3.05, 3.63) is 59.8 Å². The molecule has 3 rings (SSSR count). The molecule has 0 spiro atoms. The van der Waals surface area contributed by atoms with E-state index in [0.29, 0.717) is 19.1 Å². The third-order valence-electron chi connectivity index (χ3n) is 3.10. The first-order chi connectivity index (χ1) is 9.86. The molecular weight excluding hydrogens is 252 g/mol. The van der Waals surface area contributed by atoms with Crippen LogP contribution < -0.4 is 5.32 Å². The van der Waals surface area contributed by atoms with Crippen molar-refractivity contribution in [3.8, 4) is 0 Å². The molecule has 0 atom stereocenters. The van der Waals surface area contributed by atoms with Crippen molar-refractivity contribution in [3.63, 3.8) is 0 Å². The Bertz CT molecular complexity index is 675. The van der Waals surface area contributed by atoms with Gasteiger partial charge in [-0.25, -0.2) is 4.52 Å². The standard InChI is InChI=1S/C15H16N4O/c1-20-11-13-7-3-2-6-12(13)10-16-15-17-14-8-4-5-9-19(14)18-15/h2-9H,10-11H2,1H3,(H,16,18). The zero-order valence-corrected chi connectivity index (χ0v) is 11.3. The number of nitrogens with one attached hydrogen (secondary N) is 1. The van der Waals surface area contributed by atoms with Crippen LogP contribution in [0.15, 0.2) is 48.7 Å². The number of hydrogen-bond donors (Lipinski definition) is 1. The molecule has 0 unspecified atom stereocenters. The lowest BCUT2D eigenvalue weighted by molar-refractivity contribution is 0.184. The van der Waals surface area contributed by atoms with Crippen molar-refractivity contribution in [2.24, 2.45) is 0 Å². The van der Waals surface area contributed by atoms with Gasteiger partial charge in [0.1, 0.15) is 0 Å². The van der Waals surface area contributed by atoms with Crippen LogP contribution in [0.3, 0.4) is 0 Å². The normalized spacial score (nSPS) is 10.8. The molecule has 0 bridgehead atoms. The Balaban J connectivity index is 1.76. The molecule has 102 valence electrons. The molecule has 1 N–H and O–H groups in total. The Labute approximate surface area is 117 Å². The maximum atomic E-state index is 5.21. The van der Waals surface area contributed by atoms with Gasteiger partial charge < -0.3 is 10.1 Å². The lowest BCUT2D eigenvalue weighted by atomic mass is 10.1. The number of methoxy groups -OCH3 is 1. The Morgan fingerprint density at radius 1 is 1.10 bits per heavy atom. The molecule has 0 saturated heterocycles. The van der Waals surface area contributed by atoms with Crippen molar-refractivity contribution in [1.82, 2.24) is 14.6 Å². The SMILES string of the molecule is COCc1ccccc1CNc1nc2ccccn2n1. The van der Waals surface area contributed by atoms with Crippen LogP contribution >= 0.6 is 0 Å². The third-order valence-corrected chi connectivity index (χ3v) is 3.10. The van der Waals surface area contributed by atoms with E-state index in [2.05, 4.69) is 27.5 Å². The minimum Gasteiger partial charge on any atom is -0.380 e. The summed E-state index contributed by atoms with van der Waals surface area (Å²) in [6.45, 7) is 1.28. The van der Waals surface area contributed by atoms with Crippen molar-refractivity contribution in [2.45, 2.75) is 13.2 Å². The molecular formula is C15H16N4O. The predicted molar refractivity (Wildman–Crippen MR) is 77.5 cm³/mol. The van der Waals surface area contributed by atoms with E-state index >= 15 is 0 Å². The molecule has 0 aliphatic rings. The van der Waals surface area contributed by atoms with E-state index in [4.69, 9.17) is 4.74 Å². The second-order valence-electron chi connectivity index (χ2n) is 4.49. The highest BCUT2D eigenvalue weighted by molar-refractivity contribution is 5.43. The van der Waals surface area contributed by atoms with Crippen molar-refractivity contribution in [2.75, 3.05) is 12.4 Å². The number of benzene rings is 1. The van der Waals surface area contributed by atoms with Crippen LogP contribution in [0, 0.1) is 0 Å². The van der Waals surface area contributed by atoms with Crippen molar-refractivity contribution >= 4 is 11.6 Å². The molecule has 20 heavy (non-hydrogen) atoms. The smallest absolute Gasteiger partial charge is 0.243 e. The number of aromatic nitrogens is 3. The van der Waals surface area contributed by atoms with Gasteiger partial charge in [-0.3, -0.25) is 0 Å². The van der Waals surface area contributed by atoms with E-state index in [-0.39, 0.29) is 0 Å². The lowest BCUT2D eigenvalue weighted by Crippen LogP contribution is -2.04. The quantitative estimate of drug-likeness (QED) is 0.772. The van der Waals surface area contributed by atoms with Crippen LogP contribution in [0.25, 0.3) is 5.65 Å². The second-order valence-corrected chi connectivity index (χ2v) is 4.49. The maximum Gasteiger partial charge on any atom is 0.243 e. The van der Waals surface area contributed by atoms with Crippen LogP contribution in [0.4, 0.5) is 5.95 Å². The van der Waals surface area contributed by atoms with Gasteiger partial charge in [-0.2, -0.15) is 4.98 Å². The average molecular weight is 268 g/mol. The summed E-state index contributed by atoms with van der Waals surface area (Å²) in [7, 11) is 1.70. The highest BCUT2D eigenvalue weighted by atomic mass is 16.5. The molecule has 2 aromatic heterocycles. The highest BCUT2D eigenvalue weighted by Gasteiger charge is 2.04. The Morgan fingerprint density at radius 2 is 1.90 bits per heavy atom. The molecule has 0 saturated carbocycles. The Kier molecular flexibility index (Phi) is 3.60. The van der Waals surface area contributed by atoms with E-state index in [0.717, 1.165) is 5.65 Å². The monoisotopic (exact) mass is 268 g/mol. The van der Waals surface area contributed by atoms with Gasteiger partial charge in [-0.1, -0.05) is 30.3 Å². The van der Waals surface area contributed by atoms with Crippen molar-refractivity contribution < 1.29 is 4.74 Å². The van der Waals surface area contributed by atoms with E-state index < -0.39 is 0 Å². The van der Waals surface area contributed by atoms with Gasteiger partial charge in [-0.05, 0) is 23.3 Å². The molecule has 5 nitrogen and oxygen atoms in total. The molecule has 0 amide bonds. The van der Waals surface area contributed by atoms with Gasteiger partial charge >= 0.3 is 0 Å². The molecule has 0 fully saturated rings.